The van der Waals surface area contributed by atoms with Crippen LogP contribution in [0.15, 0.2) is 14.8 Å². The zero-order valence-electron chi connectivity index (χ0n) is 7.52. The zero-order valence-corrected chi connectivity index (χ0v) is 8.34. The molecule has 0 aliphatic heterocycles. The van der Waals surface area contributed by atoms with Crippen LogP contribution in [0.2, 0.25) is 0 Å². The number of hydrogen-bond acceptors (Lipinski definition) is 4. The molecular weight excluding hydrogens is 188 g/mol. The fraction of sp³-hybridized carbons (Fsp3) is 0.571. The van der Waals surface area contributed by atoms with Gasteiger partial charge in [-0.1, -0.05) is 16.9 Å². The van der Waals surface area contributed by atoms with Gasteiger partial charge in [0.25, 0.3) is 5.22 Å². The Hall–Kier alpha value is -1.13. The first kappa shape index (κ1) is 9.95. The molecule has 0 radical (unpaired) electrons. The van der Waals surface area contributed by atoms with Crippen LogP contribution in [0.3, 0.4) is 0 Å². The molecule has 6 heteroatoms. The first-order valence-corrected chi connectivity index (χ1v) is 4.80. The van der Waals surface area contributed by atoms with Crippen molar-refractivity contribution in [3.63, 3.8) is 0 Å². The third kappa shape index (κ3) is 3.01. The van der Waals surface area contributed by atoms with Gasteiger partial charge in [-0.25, -0.2) is 4.98 Å². The average Bonchev–Trinajstić information content (AvgIpc) is 2.41. The largest absolute Gasteiger partial charge is 0.437 e. The molecule has 0 bridgehead atoms. The van der Waals surface area contributed by atoms with Gasteiger partial charge in [-0.2, -0.15) is 0 Å². The Labute approximate surface area is 80.2 Å². The van der Waals surface area contributed by atoms with Crippen LogP contribution in [0.1, 0.15) is 11.5 Å². The van der Waals surface area contributed by atoms with Gasteiger partial charge in [-0.3, -0.25) is 0 Å². The summed E-state index contributed by atoms with van der Waals surface area (Å²) in [6, 6.07) is 0. The number of azide groups is 1. The number of aryl methyl sites for hydroxylation is 2. The van der Waals surface area contributed by atoms with Crippen LogP contribution in [0.5, 0.6) is 0 Å². The van der Waals surface area contributed by atoms with E-state index in [1.807, 2.05) is 13.8 Å². The van der Waals surface area contributed by atoms with Crippen molar-refractivity contribution in [1.82, 2.24) is 4.98 Å². The first-order chi connectivity index (χ1) is 6.24. The Morgan fingerprint density at radius 3 is 2.92 bits per heavy atom. The summed E-state index contributed by atoms with van der Waals surface area (Å²) in [6.45, 7) is 4.23. The van der Waals surface area contributed by atoms with Crippen LogP contribution in [0.25, 0.3) is 10.4 Å². The maximum absolute atomic E-state index is 8.02. The summed E-state index contributed by atoms with van der Waals surface area (Å²) in [4.78, 5) is 6.82. The van der Waals surface area contributed by atoms with Crippen molar-refractivity contribution in [2.45, 2.75) is 19.1 Å². The summed E-state index contributed by atoms with van der Waals surface area (Å²) < 4.78 is 5.31. The minimum Gasteiger partial charge on any atom is -0.437 e. The summed E-state index contributed by atoms with van der Waals surface area (Å²) in [5.41, 5.74) is 8.93. The van der Waals surface area contributed by atoms with Crippen molar-refractivity contribution >= 4 is 11.8 Å². The van der Waals surface area contributed by atoms with Crippen molar-refractivity contribution in [1.29, 1.82) is 0 Å². The molecule has 1 heterocycles. The fourth-order valence-electron chi connectivity index (χ4n) is 0.724. The number of nitrogens with zero attached hydrogens (tertiary/aromatic N) is 4. The Morgan fingerprint density at radius 1 is 1.62 bits per heavy atom. The molecule has 0 aromatic carbocycles. The van der Waals surface area contributed by atoms with Gasteiger partial charge in [0.15, 0.2) is 0 Å². The van der Waals surface area contributed by atoms with Gasteiger partial charge in [-0.05, 0) is 19.4 Å². The van der Waals surface area contributed by atoms with Crippen LogP contribution in [0, 0.1) is 13.8 Å². The maximum Gasteiger partial charge on any atom is 0.256 e. The lowest BCUT2D eigenvalue weighted by atomic mass is 10.4. The predicted octanol–water partition coefficient (Wildman–Crippen LogP) is 2.69. The highest BCUT2D eigenvalue weighted by atomic mass is 32.2. The van der Waals surface area contributed by atoms with E-state index in [0.717, 1.165) is 11.5 Å². The first-order valence-electron chi connectivity index (χ1n) is 3.81. The van der Waals surface area contributed by atoms with E-state index in [-0.39, 0.29) is 0 Å². The van der Waals surface area contributed by atoms with E-state index in [4.69, 9.17) is 9.95 Å². The second-order valence-corrected chi connectivity index (χ2v) is 3.47. The van der Waals surface area contributed by atoms with E-state index in [1.165, 1.54) is 11.8 Å². The smallest absolute Gasteiger partial charge is 0.256 e. The molecule has 0 N–H and O–H groups in total. The van der Waals surface area contributed by atoms with Crippen molar-refractivity contribution in [2.24, 2.45) is 5.11 Å². The minimum atomic E-state index is 0.460. The molecule has 0 saturated carbocycles. The van der Waals surface area contributed by atoms with Gasteiger partial charge in [-0.15, -0.1) is 0 Å². The van der Waals surface area contributed by atoms with Crippen LogP contribution >= 0.6 is 11.8 Å². The number of aromatic nitrogens is 1. The molecule has 0 aliphatic rings. The number of hydrogen-bond donors (Lipinski definition) is 0. The third-order valence-electron chi connectivity index (χ3n) is 1.49. The topological polar surface area (TPSA) is 74.8 Å². The highest BCUT2D eigenvalue weighted by Crippen LogP contribution is 2.19. The summed E-state index contributed by atoms with van der Waals surface area (Å²) in [5, 5.41) is 4.05. The van der Waals surface area contributed by atoms with Gasteiger partial charge in [0.05, 0.1) is 5.69 Å². The van der Waals surface area contributed by atoms with Crippen molar-refractivity contribution in [2.75, 3.05) is 12.3 Å². The summed E-state index contributed by atoms with van der Waals surface area (Å²) >= 11 is 1.45. The van der Waals surface area contributed by atoms with E-state index >= 15 is 0 Å². The Kier molecular flexibility index (Phi) is 3.67. The number of oxazole rings is 1. The molecular formula is C7H10N4OS. The molecule has 1 aromatic rings. The molecule has 0 aliphatic carbocycles. The molecule has 0 unspecified atom stereocenters. The van der Waals surface area contributed by atoms with Crippen molar-refractivity contribution in [3.8, 4) is 0 Å². The minimum absolute atomic E-state index is 0.460. The lowest BCUT2D eigenvalue weighted by molar-refractivity contribution is 0.431. The molecule has 0 atom stereocenters. The van der Waals surface area contributed by atoms with Gasteiger partial charge >= 0.3 is 0 Å². The normalized spacial score (nSPS) is 9.69. The highest BCUT2D eigenvalue weighted by Gasteiger charge is 2.04. The molecule has 5 nitrogen and oxygen atoms in total. The monoisotopic (exact) mass is 198 g/mol. The second-order valence-electron chi connectivity index (χ2n) is 2.42. The van der Waals surface area contributed by atoms with Crippen molar-refractivity contribution in [3.05, 3.63) is 21.9 Å². The van der Waals surface area contributed by atoms with Gasteiger partial charge < -0.3 is 4.42 Å². The summed E-state index contributed by atoms with van der Waals surface area (Å²) in [5.74, 6) is 1.54. The van der Waals surface area contributed by atoms with E-state index in [0.29, 0.717) is 17.5 Å². The maximum atomic E-state index is 8.02. The van der Waals surface area contributed by atoms with Gasteiger partial charge in [0.1, 0.15) is 5.76 Å². The second kappa shape index (κ2) is 4.79. The average molecular weight is 198 g/mol. The SMILES string of the molecule is Cc1nc(SCCN=[N+]=[N-])oc1C. The zero-order chi connectivity index (χ0) is 9.68. The van der Waals surface area contributed by atoms with Crippen LogP contribution < -0.4 is 0 Å². The van der Waals surface area contributed by atoms with E-state index in [2.05, 4.69) is 15.0 Å². The number of rotatable bonds is 4. The standard InChI is InChI=1S/C7H10N4OS/c1-5-6(2)12-7(10-5)13-4-3-9-11-8/h3-4H2,1-2H3. The third-order valence-corrected chi connectivity index (χ3v) is 2.30. The number of thioether (sulfide) groups is 1. The van der Waals surface area contributed by atoms with Gasteiger partial charge in [0, 0.05) is 17.2 Å². The van der Waals surface area contributed by atoms with Crippen molar-refractivity contribution < 1.29 is 4.42 Å². The highest BCUT2D eigenvalue weighted by molar-refractivity contribution is 7.99. The molecule has 0 fully saturated rings. The molecule has 1 aromatic heterocycles. The Balaban J connectivity index is 2.41. The van der Waals surface area contributed by atoms with Crippen LogP contribution in [-0.2, 0) is 0 Å². The fourth-order valence-corrected chi connectivity index (χ4v) is 1.46. The lowest BCUT2D eigenvalue weighted by Gasteiger charge is -1.89. The van der Waals surface area contributed by atoms with E-state index in [9.17, 15) is 0 Å². The van der Waals surface area contributed by atoms with Gasteiger partial charge in [0.2, 0.25) is 0 Å². The molecule has 13 heavy (non-hydrogen) atoms. The molecule has 0 amide bonds. The Bertz CT molecular complexity index is 310. The van der Waals surface area contributed by atoms with E-state index < -0.39 is 0 Å². The molecule has 1 rings (SSSR count). The molecule has 70 valence electrons. The summed E-state index contributed by atoms with van der Waals surface area (Å²) in [6.07, 6.45) is 0. The lowest BCUT2D eigenvalue weighted by Crippen LogP contribution is -1.82. The molecule has 0 spiro atoms. The van der Waals surface area contributed by atoms with Crippen LogP contribution in [-0.4, -0.2) is 17.3 Å². The Morgan fingerprint density at radius 2 is 2.38 bits per heavy atom. The predicted molar refractivity (Wildman–Crippen MR) is 50.7 cm³/mol. The molecule has 0 saturated heterocycles. The van der Waals surface area contributed by atoms with Crippen LogP contribution in [0.4, 0.5) is 0 Å². The van der Waals surface area contributed by atoms with E-state index in [1.54, 1.807) is 0 Å². The quantitative estimate of drug-likeness (QED) is 0.245. The summed E-state index contributed by atoms with van der Waals surface area (Å²) in [7, 11) is 0.